The lowest BCUT2D eigenvalue weighted by molar-refractivity contribution is 0.228. The van der Waals surface area contributed by atoms with Gasteiger partial charge in [-0.25, -0.2) is 0 Å². The Balaban J connectivity index is 1.96. The number of methoxy groups -OCH3 is 1. The van der Waals surface area contributed by atoms with Crippen molar-refractivity contribution in [1.29, 1.82) is 0 Å². The second kappa shape index (κ2) is 11.3. The van der Waals surface area contributed by atoms with Crippen molar-refractivity contribution in [2.75, 3.05) is 7.11 Å². The highest BCUT2D eigenvalue weighted by Gasteiger charge is 2.29. The Bertz CT molecular complexity index is 804. The number of hydrogen-bond donors (Lipinski definition) is 0. The molecule has 174 valence electrons. The number of hydrogen-bond acceptors (Lipinski definition) is 3. The van der Waals surface area contributed by atoms with Crippen molar-refractivity contribution in [1.82, 2.24) is 4.90 Å². The number of sulfonamides is 1. The minimum absolute atomic E-state index is 0.233. The Labute approximate surface area is 189 Å². The zero-order chi connectivity index (χ0) is 22.3. The van der Waals surface area contributed by atoms with Crippen molar-refractivity contribution in [2.45, 2.75) is 108 Å². The molecule has 2 saturated carbocycles. The van der Waals surface area contributed by atoms with Crippen LogP contribution in [-0.4, -0.2) is 38.3 Å². The standard InChI is InChI=1S/C25H40N2O3S/c1-20(2)27(22-13-9-4-5-10-14-22)25(19-21-11-7-6-8-12-21)26-31(28,29)24-17-15-23(30-3)16-18-24/h15-18,20-22H,4-14,19H2,1-3H3. The normalized spacial score (nSPS) is 19.9. The summed E-state index contributed by atoms with van der Waals surface area (Å²) < 4.78 is 36.3. The van der Waals surface area contributed by atoms with Gasteiger partial charge < -0.3 is 9.64 Å². The van der Waals surface area contributed by atoms with Gasteiger partial charge in [0.1, 0.15) is 11.6 Å². The molecule has 0 heterocycles. The maximum Gasteiger partial charge on any atom is 0.283 e. The first-order valence-electron chi connectivity index (χ1n) is 12.2. The lowest BCUT2D eigenvalue weighted by Crippen LogP contribution is -2.46. The predicted molar refractivity (Wildman–Crippen MR) is 127 cm³/mol. The molecule has 3 rings (SSSR count). The number of rotatable bonds is 7. The molecule has 6 heteroatoms. The molecule has 0 saturated heterocycles. The number of ether oxygens (including phenoxy) is 1. The highest BCUT2D eigenvalue weighted by molar-refractivity contribution is 7.90. The summed E-state index contributed by atoms with van der Waals surface area (Å²) in [5.41, 5.74) is 0. The fourth-order valence-corrected chi connectivity index (χ4v) is 6.28. The third-order valence-electron chi connectivity index (χ3n) is 6.85. The van der Waals surface area contributed by atoms with Gasteiger partial charge in [-0.3, -0.25) is 0 Å². The zero-order valence-electron chi connectivity index (χ0n) is 19.6. The van der Waals surface area contributed by atoms with Crippen molar-refractivity contribution in [3.63, 3.8) is 0 Å². The Hall–Kier alpha value is -1.56. The van der Waals surface area contributed by atoms with Gasteiger partial charge in [0.05, 0.1) is 12.0 Å². The van der Waals surface area contributed by atoms with E-state index in [1.165, 1.54) is 57.8 Å². The Morgan fingerprint density at radius 1 is 0.968 bits per heavy atom. The summed E-state index contributed by atoms with van der Waals surface area (Å²) in [7, 11) is -2.19. The van der Waals surface area contributed by atoms with Gasteiger partial charge in [0.25, 0.3) is 10.0 Å². The van der Waals surface area contributed by atoms with Crippen LogP contribution >= 0.6 is 0 Å². The van der Waals surface area contributed by atoms with Gasteiger partial charge in [-0.1, -0.05) is 57.8 Å². The first kappa shape index (κ1) is 24.1. The van der Waals surface area contributed by atoms with Crippen molar-refractivity contribution < 1.29 is 13.2 Å². The van der Waals surface area contributed by atoms with E-state index in [4.69, 9.17) is 4.74 Å². The molecule has 2 aliphatic rings. The van der Waals surface area contributed by atoms with Crippen LogP contribution < -0.4 is 4.74 Å². The average molecular weight is 449 g/mol. The number of benzene rings is 1. The van der Waals surface area contributed by atoms with Crippen LogP contribution in [0.2, 0.25) is 0 Å². The largest absolute Gasteiger partial charge is 0.497 e. The minimum Gasteiger partial charge on any atom is -0.497 e. The molecule has 1 aromatic carbocycles. The summed E-state index contributed by atoms with van der Waals surface area (Å²) in [6.45, 7) is 4.36. The van der Waals surface area contributed by atoms with Crippen LogP contribution in [0.3, 0.4) is 0 Å². The third-order valence-corrected chi connectivity index (χ3v) is 8.17. The van der Waals surface area contributed by atoms with Crippen molar-refractivity contribution in [3.05, 3.63) is 24.3 Å². The fraction of sp³-hybridized carbons (Fsp3) is 0.720. The van der Waals surface area contributed by atoms with Crippen LogP contribution in [0.1, 0.15) is 90.9 Å². The van der Waals surface area contributed by atoms with Crippen molar-refractivity contribution >= 4 is 15.9 Å². The Kier molecular flexibility index (Phi) is 8.82. The molecule has 0 atom stereocenters. The molecule has 0 amide bonds. The van der Waals surface area contributed by atoms with E-state index >= 15 is 0 Å². The maximum absolute atomic E-state index is 13.3. The summed E-state index contributed by atoms with van der Waals surface area (Å²) in [4.78, 5) is 2.60. The van der Waals surface area contributed by atoms with Gasteiger partial charge in [-0.05, 0) is 56.9 Å². The van der Waals surface area contributed by atoms with E-state index in [0.29, 0.717) is 17.7 Å². The third kappa shape index (κ3) is 6.71. The predicted octanol–water partition coefficient (Wildman–Crippen LogP) is 6.19. The topological polar surface area (TPSA) is 59.0 Å². The summed E-state index contributed by atoms with van der Waals surface area (Å²) in [5, 5.41) is 0. The highest BCUT2D eigenvalue weighted by atomic mass is 32.2. The van der Waals surface area contributed by atoms with Crippen LogP contribution in [-0.2, 0) is 10.0 Å². The molecule has 2 fully saturated rings. The van der Waals surface area contributed by atoms with Crippen LogP contribution in [0.25, 0.3) is 0 Å². The summed E-state index contributed by atoms with van der Waals surface area (Å²) in [6, 6.07) is 7.19. The first-order valence-corrected chi connectivity index (χ1v) is 13.6. The number of amidine groups is 1. The van der Waals surface area contributed by atoms with E-state index in [2.05, 4.69) is 23.1 Å². The maximum atomic E-state index is 13.3. The Morgan fingerprint density at radius 3 is 2.06 bits per heavy atom. The molecule has 0 spiro atoms. The van der Waals surface area contributed by atoms with Crippen LogP contribution in [0.5, 0.6) is 5.75 Å². The molecule has 0 aliphatic heterocycles. The molecular formula is C25H40N2O3S. The van der Waals surface area contributed by atoms with Crippen molar-refractivity contribution in [2.24, 2.45) is 10.3 Å². The highest BCUT2D eigenvalue weighted by Crippen LogP contribution is 2.31. The molecule has 0 aromatic heterocycles. The smallest absolute Gasteiger partial charge is 0.283 e. The summed E-state index contributed by atoms with van der Waals surface area (Å²) in [6.07, 6.45) is 14.2. The molecule has 0 bridgehead atoms. The van der Waals surface area contributed by atoms with Gasteiger partial charge in [-0.2, -0.15) is 8.42 Å². The van der Waals surface area contributed by atoms with E-state index in [0.717, 1.165) is 25.1 Å². The quantitative estimate of drug-likeness (QED) is 0.284. The molecular weight excluding hydrogens is 408 g/mol. The number of nitrogens with zero attached hydrogens (tertiary/aromatic N) is 2. The lowest BCUT2D eigenvalue weighted by Gasteiger charge is -2.39. The minimum atomic E-state index is -3.77. The summed E-state index contributed by atoms with van der Waals surface area (Å²) in [5.74, 6) is 1.96. The van der Waals surface area contributed by atoms with Crippen molar-refractivity contribution in [3.8, 4) is 5.75 Å². The second-order valence-corrected chi connectivity index (χ2v) is 11.1. The van der Waals surface area contributed by atoms with E-state index < -0.39 is 10.0 Å². The van der Waals surface area contributed by atoms with Crippen LogP contribution in [0.15, 0.2) is 33.6 Å². The molecule has 0 radical (unpaired) electrons. The fourth-order valence-electron chi connectivity index (χ4n) is 5.24. The molecule has 31 heavy (non-hydrogen) atoms. The van der Waals surface area contributed by atoms with Gasteiger partial charge >= 0.3 is 0 Å². The van der Waals surface area contributed by atoms with Crippen LogP contribution in [0.4, 0.5) is 0 Å². The van der Waals surface area contributed by atoms with Gasteiger partial charge in [0.2, 0.25) is 0 Å². The SMILES string of the molecule is COc1ccc(S(=O)(=O)N=C(CC2CCCCC2)N(C(C)C)C2CCCCCC2)cc1. The second-order valence-electron chi connectivity index (χ2n) is 9.51. The zero-order valence-corrected chi connectivity index (χ0v) is 20.4. The molecule has 0 unspecified atom stereocenters. The molecule has 5 nitrogen and oxygen atoms in total. The average Bonchev–Trinajstić information content (AvgIpc) is 3.03. The van der Waals surface area contributed by atoms with E-state index in [9.17, 15) is 8.42 Å². The summed E-state index contributed by atoms with van der Waals surface area (Å²) >= 11 is 0. The van der Waals surface area contributed by atoms with E-state index in [1.54, 1.807) is 31.4 Å². The Morgan fingerprint density at radius 2 is 1.52 bits per heavy atom. The molecule has 0 N–H and O–H groups in total. The van der Waals surface area contributed by atoms with E-state index in [-0.39, 0.29) is 10.9 Å². The van der Waals surface area contributed by atoms with E-state index in [1.807, 2.05) is 0 Å². The van der Waals surface area contributed by atoms with Gasteiger partial charge in [-0.15, -0.1) is 4.40 Å². The van der Waals surface area contributed by atoms with Crippen LogP contribution in [0, 0.1) is 5.92 Å². The molecule has 1 aromatic rings. The lowest BCUT2D eigenvalue weighted by atomic mass is 9.86. The monoisotopic (exact) mass is 448 g/mol. The molecule has 2 aliphatic carbocycles. The first-order chi connectivity index (χ1) is 14.9. The van der Waals surface area contributed by atoms with Gasteiger partial charge in [0, 0.05) is 18.5 Å². The van der Waals surface area contributed by atoms with Gasteiger partial charge in [0.15, 0.2) is 0 Å².